The smallest absolute Gasteiger partial charge is 0.331 e. The molecule has 0 saturated heterocycles. The fourth-order valence-corrected chi connectivity index (χ4v) is 3.38. The molecule has 1 atom stereocenters. The predicted molar refractivity (Wildman–Crippen MR) is 60.9 cm³/mol. The third-order valence-electron chi connectivity index (χ3n) is 3.08. The van der Waals surface area contributed by atoms with Crippen LogP contribution in [-0.4, -0.2) is 26.2 Å². The lowest BCUT2D eigenvalue weighted by atomic mass is 9.90. The van der Waals surface area contributed by atoms with Crippen LogP contribution in [0.15, 0.2) is 0 Å². The first-order valence-electron chi connectivity index (χ1n) is 5.59. The van der Waals surface area contributed by atoms with Crippen molar-refractivity contribution in [2.45, 2.75) is 64.1 Å². The molecule has 1 unspecified atom stereocenters. The first-order chi connectivity index (χ1) is 6.81. The van der Waals surface area contributed by atoms with E-state index in [4.69, 9.17) is 0 Å². The molecule has 0 heterocycles. The molecule has 0 aliphatic heterocycles. The molecule has 3 N–H and O–H groups in total. The highest BCUT2D eigenvalue weighted by Crippen LogP contribution is 2.50. The molecule has 0 amide bonds. The third kappa shape index (κ3) is 4.23. The average Bonchev–Trinajstić information content (AvgIpc) is 2.16. The molecule has 0 aliphatic carbocycles. The van der Waals surface area contributed by atoms with Crippen LogP contribution in [0.25, 0.3) is 0 Å². The maximum absolute atomic E-state index is 11.3. The van der Waals surface area contributed by atoms with Crippen molar-refractivity contribution in [1.29, 1.82) is 0 Å². The lowest BCUT2D eigenvalue weighted by Gasteiger charge is -2.35. The number of hydrogen-bond donors (Lipinski definition) is 3. The highest BCUT2D eigenvalue weighted by Gasteiger charge is 2.43. The second-order valence-electron chi connectivity index (χ2n) is 4.06. The molecule has 5 heteroatoms. The van der Waals surface area contributed by atoms with E-state index in [2.05, 4.69) is 0 Å². The minimum atomic E-state index is -4.21. The van der Waals surface area contributed by atoms with Crippen LogP contribution in [0.1, 0.15) is 52.9 Å². The zero-order valence-electron chi connectivity index (χ0n) is 9.81. The van der Waals surface area contributed by atoms with Gasteiger partial charge in [0, 0.05) is 0 Å². The van der Waals surface area contributed by atoms with Crippen molar-refractivity contribution in [3.05, 3.63) is 0 Å². The predicted octanol–water partition coefficient (Wildman–Crippen LogP) is 2.27. The van der Waals surface area contributed by atoms with Gasteiger partial charge in [-0.3, -0.25) is 4.57 Å². The van der Waals surface area contributed by atoms with Gasteiger partial charge in [-0.15, -0.1) is 0 Å². The summed E-state index contributed by atoms with van der Waals surface area (Å²) in [6.45, 7) is 5.49. The summed E-state index contributed by atoms with van der Waals surface area (Å²) < 4.78 is 11.3. The Hall–Kier alpha value is 0.110. The van der Waals surface area contributed by atoms with E-state index in [1.54, 1.807) is 13.8 Å². The van der Waals surface area contributed by atoms with E-state index in [1.165, 1.54) is 0 Å². The van der Waals surface area contributed by atoms with E-state index in [0.717, 1.165) is 12.8 Å². The second kappa shape index (κ2) is 6.00. The Balaban J connectivity index is 4.83. The molecule has 0 aromatic heterocycles. The lowest BCUT2D eigenvalue weighted by molar-refractivity contribution is 0.0182. The van der Waals surface area contributed by atoms with Crippen LogP contribution >= 0.6 is 7.60 Å². The molecule has 0 bridgehead atoms. The molecule has 0 saturated carbocycles. The summed E-state index contributed by atoms with van der Waals surface area (Å²) in [4.78, 5) is 18.5. The van der Waals surface area contributed by atoms with Gasteiger partial charge in [0.2, 0.25) is 0 Å². The standard InChI is InChI=1S/C10H23O4P/c1-4-7-8-9(15(12,13)14)10(11,5-2)6-3/h9,11H,4-8H2,1-3H3,(H2,12,13,14). The average molecular weight is 238 g/mol. The molecular formula is C10H23O4P. The van der Waals surface area contributed by atoms with Gasteiger partial charge in [-0.25, -0.2) is 0 Å². The van der Waals surface area contributed by atoms with Crippen molar-refractivity contribution < 1.29 is 19.5 Å². The van der Waals surface area contributed by atoms with Crippen molar-refractivity contribution in [3.8, 4) is 0 Å². The molecule has 0 aromatic rings. The Morgan fingerprint density at radius 1 is 1.20 bits per heavy atom. The van der Waals surface area contributed by atoms with Crippen molar-refractivity contribution in [1.82, 2.24) is 0 Å². The summed E-state index contributed by atoms with van der Waals surface area (Å²) in [5, 5.41) is 10.2. The normalized spacial score (nSPS) is 15.3. The van der Waals surface area contributed by atoms with Gasteiger partial charge in [-0.1, -0.05) is 33.6 Å². The number of hydrogen-bond acceptors (Lipinski definition) is 2. The number of aliphatic hydroxyl groups is 1. The molecule has 0 aromatic carbocycles. The Labute approximate surface area is 91.9 Å². The topological polar surface area (TPSA) is 77.8 Å². The van der Waals surface area contributed by atoms with E-state index < -0.39 is 18.9 Å². The lowest BCUT2D eigenvalue weighted by Crippen LogP contribution is -2.41. The van der Waals surface area contributed by atoms with Gasteiger partial charge in [0.05, 0.1) is 11.3 Å². The molecule has 92 valence electrons. The highest BCUT2D eigenvalue weighted by molar-refractivity contribution is 7.52. The summed E-state index contributed by atoms with van der Waals surface area (Å²) in [5.74, 6) is 0. The summed E-state index contributed by atoms with van der Waals surface area (Å²) in [7, 11) is -4.21. The van der Waals surface area contributed by atoms with E-state index in [9.17, 15) is 19.5 Å². The van der Waals surface area contributed by atoms with Gasteiger partial charge in [-0.05, 0) is 19.3 Å². The zero-order valence-corrected chi connectivity index (χ0v) is 10.7. The van der Waals surface area contributed by atoms with E-state index in [1.807, 2.05) is 6.92 Å². The van der Waals surface area contributed by atoms with Crippen LogP contribution in [0.5, 0.6) is 0 Å². The Morgan fingerprint density at radius 2 is 1.67 bits per heavy atom. The minimum absolute atomic E-state index is 0.378. The number of unbranched alkanes of at least 4 members (excludes halogenated alkanes) is 1. The van der Waals surface area contributed by atoms with Crippen LogP contribution in [0.4, 0.5) is 0 Å². The maximum Gasteiger partial charge on any atom is 0.331 e. The first kappa shape index (κ1) is 15.1. The zero-order chi connectivity index (χ0) is 12.1. The van der Waals surface area contributed by atoms with Gasteiger partial charge >= 0.3 is 7.60 Å². The van der Waals surface area contributed by atoms with Crippen LogP contribution in [0.3, 0.4) is 0 Å². The van der Waals surface area contributed by atoms with Crippen LogP contribution in [-0.2, 0) is 4.57 Å². The summed E-state index contributed by atoms with van der Waals surface area (Å²) in [5.41, 5.74) is -2.14. The van der Waals surface area contributed by atoms with Crippen molar-refractivity contribution in [2.75, 3.05) is 0 Å². The third-order valence-corrected chi connectivity index (χ3v) is 4.63. The molecule has 4 nitrogen and oxygen atoms in total. The Morgan fingerprint density at radius 3 is 1.93 bits per heavy atom. The second-order valence-corrected chi connectivity index (χ2v) is 5.86. The summed E-state index contributed by atoms with van der Waals surface area (Å²) in [6, 6.07) is 0. The quantitative estimate of drug-likeness (QED) is 0.594. The van der Waals surface area contributed by atoms with Gasteiger partial charge in [0.25, 0.3) is 0 Å². The van der Waals surface area contributed by atoms with E-state index >= 15 is 0 Å². The van der Waals surface area contributed by atoms with E-state index in [0.29, 0.717) is 19.3 Å². The molecule has 0 aliphatic rings. The fourth-order valence-electron chi connectivity index (χ4n) is 1.87. The summed E-state index contributed by atoms with van der Waals surface area (Å²) >= 11 is 0. The molecule has 0 fully saturated rings. The minimum Gasteiger partial charge on any atom is -0.389 e. The largest absolute Gasteiger partial charge is 0.389 e. The fraction of sp³-hybridized carbons (Fsp3) is 1.00. The monoisotopic (exact) mass is 238 g/mol. The highest BCUT2D eigenvalue weighted by atomic mass is 31.2. The molecular weight excluding hydrogens is 215 g/mol. The Bertz CT molecular complexity index is 219. The molecule has 15 heavy (non-hydrogen) atoms. The van der Waals surface area contributed by atoms with Gasteiger partial charge in [-0.2, -0.15) is 0 Å². The van der Waals surface area contributed by atoms with E-state index in [-0.39, 0.29) is 0 Å². The van der Waals surface area contributed by atoms with Crippen molar-refractivity contribution >= 4 is 7.60 Å². The van der Waals surface area contributed by atoms with Gasteiger partial charge in [0.1, 0.15) is 0 Å². The molecule has 0 spiro atoms. The number of rotatable bonds is 7. The van der Waals surface area contributed by atoms with Crippen LogP contribution < -0.4 is 0 Å². The van der Waals surface area contributed by atoms with Gasteiger partial charge < -0.3 is 14.9 Å². The maximum atomic E-state index is 11.3. The molecule has 0 rings (SSSR count). The SMILES string of the molecule is CCCCC(C(O)(CC)CC)P(=O)(O)O. The van der Waals surface area contributed by atoms with Gasteiger partial charge in [0.15, 0.2) is 0 Å². The Kier molecular flexibility index (Phi) is 6.04. The summed E-state index contributed by atoms with van der Waals surface area (Å²) in [6.07, 6.45) is 2.75. The van der Waals surface area contributed by atoms with Crippen LogP contribution in [0, 0.1) is 0 Å². The van der Waals surface area contributed by atoms with Crippen molar-refractivity contribution in [2.24, 2.45) is 0 Å². The van der Waals surface area contributed by atoms with Crippen molar-refractivity contribution in [3.63, 3.8) is 0 Å². The first-order valence-corrected chi connectivity index (χ1v) is 7.27. The van der Waals surface area contributed by atoms with Crippen LogP contribution in [0.2, 0.25) is 0 Å². The molecule has 0 radical (unpaired) electrons.